The van der Waals surface area contributed by atoms with Crippen molar-refractivity contribution in [1.82, 2.24) is 4.90 Å². The number of hydrogen-bond acceptors (Lipinski definition) is 4. The number of amides is 1. The fraction of sp³-hybridized carbons (Fsp3) is 0.462. The van der Waals surface area contributed by atoms with E-state index in [1.807, 2.05) is 0 Å². The number of rotatable bonds is 7. The highest BCUT2D eigenvalue weighted by Crippen LogP contribution is 2.17. The molecule has 0 saturated carbocycles. The first-order valence-corrected chi connectivity index (χ1v) is 6.27. The van der Waals surface area contributed by atoms with Crippen molar-refractivity contribution in [2.45, 2.75) is 6.18 Å². The second-order valence-corrected chi connectivity index (χ2v) is 4.39. The Bertz CT molecular complexity index is 449. The van der Waals surface area contributed by atoms with Gasteiger partial charge in [0.25, 0.3) is 0 Å². The highest BCUT2D eigenvalue weighted by molar-refractivity contribution is 5.92. The number of methoxy groups -OCH3 is 1. The molecule has 1 aromatic carbocycles. The molecule has 0 fully saturated rings. The third-order valence-corrected chi connectivity index (χ3v) is 2.59. The van der Waals surface area contributed by atoms with E-state index in [0.717, 1.165) is 4.90 Å². The Labute approximate surface area is 120 Å². The van der Waals surface area contributed by atoms with Gasteiger partial charge in [0, 0.05) is 18.8 Å². The van der Waals surface area contributed by atoms with Gasteiger partial charge in [-0.3, -0.25) is 9.69 Å². The molecule has 0 aliphatic carbocycles. The number of nitrogens with two attached hydrogens (primary N) is 1. The number of alkyl halides is 3. The van der Waals surface area contributed by atoms with Gasteiger partial charge in [-0.15, -0.1) is 0 Å². The minimum Gasteiger partial charge on any atom is -0.497 e. The quantitative estimate of drug-likeness (QED) is 0.800. The lowest BCUT2D eigenvalue weighted by Crippen LogP contribution is -2.42. The summed E-state index contributed by atoms with van der Waals surface area (Å²) in [5.41, 5.74) is 5.74. The summed E-state index contributed by atoms with van der Waals surface area (Å²) in [5, 5.41) is 2.52. The van der Waals surface area contributed by atoms with E-state index in [9.17, 15) is 18.0 Å². The Morgan fingerprint density at radius 2 is 1.95 bits per heavy atom. The Morgan fingerprint density at radius 1 is 1.33 bits per heavy atom. The molecule has 118 valence electrons. The number of halogens is 3. The van der Waals surface area contributed by atoms with Crippen LogP contribution < -0.4 is 15.8 Å². The van der Waals surface area contributed by atoms with Crippen LogP contribution in [0.2, 0.25) is 0 Å². The number of benzene rings is 1. The molecule has 0 aliphatic rings. The smallest absolute Gasteiger partial charge is 0.401 e. The largest absolute Gasteiger partial charge is 0.497 e. The van der Waals surface area contributed by atoms with Crippen LogP contribution in [0.3, 0.4) is 0 Å². The number of carbonyl (C=O) groups is 1. The molecular formula is C13H18F3N3O2. The van der Waals surface area contributed by atoms with Gasteiger partial charge in [-0.2, -0.15) is 13.2 Å². The SMILES string of the molecule is COc1ccc(NC(=O)CN(CCN)CC(F)(F)F)cc1. The van der Waals surface area contributed by atoms with Crippen molar-refractivity contribution in [2.24, 2.45) is 5.73 Å². The van der Waals surface area contributed by atoms with Crippen LogP contribution in [0.25, 0.3) is 0 Å². The molecule has 0 spiro atoms. The molecule has 1 aromatic rings. The van der Waals surface area contributed by atoms with Gasteiger partial charge < -0.3 is 15.8 Å². The van der Waals surface area contributed by atoms with Gasteiger partial charge in [-0.05, 0) is 24.3 Å². The summed E-state index contributed by atoms with van der Waals surface area (Å²) in [6.07, 6.45) is -4.37. The molecule has 1 amide bonds. The van der Waals surface area contributed by atoms with Crippen molar-refractivity contribution in [3.05, 3.63) is 24.3 Å². The minimum atomic E-state index is -4.37. The summed E-state index contributed by atoms with van der Waals surface area (Å²) < 4.78 is 42.1. The van der Waals surface area contributed by atoms with E-state index in [1.165, 1.54) is 7.11 Å². The Morgan fingerprint density at radius 3 is 2.43 bits per heavy atom. The van der Waals surface area contributed by atoms with E-state index in [4.69, 9.17) is 10.5 Å². The van der Waals surface area contributed by atoms with Crippen LogP contribution in [0.1, 0.15) is 0 Å². The first-order chi connectivity index (χ1) is 9.84. The molecule has 0 heterocycles. The summed E-state index contributed by atoms with van der Waals surface area (Å²) in [6.45, 7) is -1.50. The average molecular weight is 305 g/mol. The van der Waals surface area contributed by atoms with Gasteiger partial charge in [0.2, 0.25) is 5.91 Å². The van der Waals surface area contributed by atoms with Crippen molar-refractivity contribution in [2.75, 3.05) is 38.6 Å². The van der Waals surface area contributed by atoms with E-state index in [-0.39, 0.29) is 19.6 Å². The molecule has 21 heavy (non-hydrogen) atoms. The number of nitrogens with zero attached hydrogens (tertiary/aromatic N) is 1. The van der Waals surface area contributed by atoms with E-state index in [0.29, 0.717) is 11.4 Å². The van der Waals surface area contributed by atoms with Crippen molar-refractivity contribution in [3.63, 3.8) is 0 Å². The van der Waals surface area contributed by atoms with E-state index >= 15 is 0 Å². The van der Waals surface area contributed by atoms with Crippen LogP contribution in [0.15, 0.2) is 24.3 Å². The van der Waals surface area contributed by atoms with Crippen molar-refractivity contribution in [3.8, 4) is 5.75 Å². The average Bonchev–Trinajstić information content (AvgIpc) is 2.37. The lowest BCUT2D eigenvalue weighted by molar-refractivity contribution is -0.147. The molecular weight excluding hydrogens is 287 g/mol. The van der Waals surface area contributed by atoms with Gasteiger partial charge in [0.05, 0.1) is 20.2 Å². The molecule has 0 aromatic heterocycles. The fourth-order valence-electron chi connectivity index (χ4n) is 1.73. The van der Waals surface area contributed by atoms with E-state index in [1.54, 1.807) is 24.3 Å². The third kappa shape index (κ3) is 6.96. The monoisotopic (exact) mass is 305 g/mol. The fourth-order valence-corrected chi connectivity index (χ4v) is 1.73. The Balaban J connectivity index is 2.56. The minimum absolute atomic E-state index is 0.00442. The van der Waals surface area contributed by atoms with Crippen molar-refractivity contribution < 1.29 is 22.7 Å². The lowest BCUT2D eigenvalue weighted by Gasteiger charge is -2.22. The number of nitrogens with one attached hydrogen (secondary N) is 1. The topological polar surface area (TPSA) is 67.6 Å². The predicted molar refractivity (Wildman–Crippen MR) is 73.2 cm³/mol. The van der Waals surface area contributed by atoms with Gasteiger partial charge >= 0.3 is 6.18 Å². The maximum absolute atomic E-state index is 12.4. The molecule has 0 unspecified atom stereocenters. The van der Waals surface area contributed by atoms with Crippen LogP contribution in [0.4, 0.5) is 18.9 Å². The molecule has 3 N–H and O–H groups in total. The first kappa shape index (κ1) is 17.3. The summed E-state index contributed by atoms with van der Waals surface area (Å²) >= 11 is 0. The third-order valence-electron chi connectivity index (χ3n) is 2.59. The van der Waals surface area contributed by atoms with Crippen molar-refractivity contribution >= 4 is 11.6 Å². The molecule has 8 heteroatoms. The Hall–Kier alpha value is -1.80. The summed E-state index contributed by atoms with van der Waals surface area (Å²) in [5.74, 6) is 0.0905. The zero-order chi connectivity index (χ0) is 15.9. The zero-order valence-corrected chi connectivity index (χ0v) is 11.6. The molecule has 0 bridgehead atoms. The maximum atomic E-state index is 12.4. The second kappa shape index (κ2) is 7.84. The molecule has 0 radical (unpaired) electrons. The van der Waals surface area contributed by atoms with E-state index in [2.05, 4.69) is 5.32 Å². The van der Waals surface area contributed by atoms with E-state index < -0.39 is 18.6 Å². The Kier molecular flexibility index (Phi) is 6.44. The normalized spacial score (nSPS) is 11.5. The summed E-state index contributed by atoms with van der Waals surface area (Å²) in [6, 6.07) is 6.49. The first-order valence-electron chi connectivity index (χ1n) is 6.27. The van der Waals surface area contributed by atoms with Crippen LogP contribution >= 0.6 is 0 Å². The summed E-state index contributed by atoms with van der Waals surface area (Å²) in [4.78, 5) is 12.7. The standard InChI is InChI=1S/C13H18F3N3O2/c1-21-11-4-2-10(3-5-11)18-12(20)8-19(7-6-17)9-13(14,15)16/h2-5H,6-9,17H2,1H3,(H,18,20). The van der Waals surface area contributed by atoms with Crippen LogP contribution in [-0.4, -0.2) is 50.3 Å². The molecule has 0 aliphatic heterocycles. The second-order valence-electron chi connectivity index (χ2n) is 4.39. The zero-order valence-electron chi connectivity index (χ0n) is 11.6. The number of anilines is 1. The van der Waals surface area contributed by atoms with Crippen molar-refractivity contribution in [1.29, 1.82) is 0 Å². The highest BCUT2D eigenvalue weighted by Gasteiger charge is 2.31. The predicted octanol–water partition coefficient (Wildman–Crippen LogP) is 1.46. The van der Waals surface area contributed by atoms with Crippen LogP contribution in [-0.2, 0) is 4.79 Å². The number of ether oxygens (including phenoxy) is 1. The van der Waals surface area contributed by atoms with Gasteiger partial charge in [0.1, 0.15) is 5.75 Å². The van der Waals surface area contributed by atoms with Crippen LogP contribution in [0.5, 0.6) is 5.75 Å². The number of carbonyl (C=O) groups excluding carboxylic acids is 1. The maximum Gasteiger partial charge on any atom is 0.401 e. The molecule has 0 atom stereocenters. The van der Waals surface area contributed by atoms with Gasteiger partial charge in [-0.1, -0.05) is 0 Å². The molecule has 0 saturated heterocycles. The highest BCUT2D eigenvalue weighted by atomic mass is 19.4. The summed E-state index contributed by atoms with van der Waals surface area (Å²) in [7, 11) is 1.51. The number of hydrogen-bond donors (Lipinski definition) is 2. The van der Waals surface area contributed by atoms with Crippen LogP contribution in [0, 0.1) is 0 Å². The molecule has 1 rings (SSSR count). The molecule has 5 nitrogen and oxygen atoms in total. The van der Waals surface area contributed by atoms with Gasteiger partial charge in [-0.25, -0.2) is 0 Å². The van der Waals surface area contributed by atoms with Gasteiger partial charge in [0.15, 0.2) is 0 Å². The lowest BCUT2D eigenvalue weighted by atomic mass is 10.3.